The Kier molecular flexibility index (Phi) is 6.00. The molecule has 2 heterocycles. The Morgan fingerprint density at radius 3 is 2.63 bits per heavy atom. The molecule has 1 N–H and O–H groups in total. The number of nitrogens with one attached hydrogen (secondary N) is 1. The summed E-state index contributed by atoms with van der Waals surface area (Å²) in [6, 6.07) is 6.11. The lowest BCUT2D eigenvalue weighted by Crippen LogP contribution is -2.46. The number of nitrogens with zero attached hydrogens (tertiary/aromatic N) is 3. The predicted molar refractivity (Wildman–Crippen MR) is 115 cm³/mol. The van der Waals surface area contributed by atoms with Crippen molar-refractivity contribution in [3.8, 4) is 5.75 Å². The van der Waals surface area contributed by atoms with Crippen molar-refractivity contribution in [3.63, 3.8) is 0 Å². The van der Waals surface area contributed by atoms with E-state index in [4.69, 9.17) is 14.7 Å². The van der Waals surface area contributed by atoms with Crippen LogP contribution in [0.1, 0.15) is 18.4 Å². The van der Waals surface area contributed by atoms with Crippen molar-refractivity contribution in [2.45, 2.75) is 23.6 Å². The first-order valence-electron chi connectivity index (χ1n) is 9.24. The van der Waals surface area contributed by atoms with Crippen LogP contribution in [0.25, 0.3) is 12.2 Å². The van der Waals surface area contributed by atoms with Crippen LogP contribution in [0, 0.1) is 0 Å². The highest BCUT2D eigenvalue weighted by Crippen LogP contribution is 2.32. The van der Waals surface area contributed by atoms with E-state index in [1.807, 2.05) is 12.1 Å². The summed E-state index contributed by atoms with van der Waals surface area (Å²) < 4.78 is 6.58. The van der Waals surface area contributed by atoms with Crippen molar-refractivity contribution in [2.75, 3.05) is 38.2 Å². The number of fused-ring (bicyclic) bond motifs is 1. The van der Waals surface area contributed by atoms with E-state index in [9.17, 15) is 0 Å². The number of piperazine rings is 1. The minimum atomic E-state index is 0.791. The van der Waals surface area contributed by atoms with E-state index in [-0.39, 0.29) is 0 Å². The number of ether oxygens (including phenoxy) is 1. The van der Waals surface area contributed by atoms with Crippen molar-refractivity contribution >= 4 is 45.7 Å². The van der Waals surface area contributed by atoms with Crippen molar-refractivity contribution in [1.29, 1.82) is 0 Å². The molecule has 0 amide bonds. The summed E-state index contributed by atoms with van der Waals surface area (Å²) in [4.78, 5) is 12.3. The summed E-state index contributed by atoms with van der Waals surface area (Å²) in [5, 5.41) is 6.46. The number of thioether (sulfide) groups is 1. The Labute approximate surface area is 172 Å². The Bertz CT molecular complexity index is 944. The van der Waals surface area contributed by atoms with E-state index in [1.165, 1.54) is 0 Å². The first kappa shape index (κ1) is 18.8. The maximum Gasteiger partial charge on any atom is 0.162 e. The molecule has 1 aromatic carbocycles. The summed E-state index contributed by atoms with van der Waals surface area (Å²) in [5.41, 5.74) is 1.15. The third-order valence-electron chi connectivity index (χ3n) is 4.77. The minimum Gasteiger partial charge on any atom is -0.496 e. The normalized spacial score (nSPS) is 16.3. The van der Waals surface area contributed by atoms with Crippen LogP contribution in [0.15, 0.2) is 27.7 Å². The molecule has 7 heteroatoms. The van der Waals surface area contributed by atoms with E-state index < -0.39 is 0 Å². The predicted octanol–water partition coefficient (Wildman–Crippen LogP) is 2.30. The van der Waals surface area contributed by atoms with E-state index >= 15 is 0 Å². The molecule has 0 atom stereocenters. The average Bonchev–Trinajstić information content (AvgIpc) is 2.72. The maximum absolute atomic E-state index is 5.53. The molecule has 0 spiro atoms. The molecule has 1 aliphatic carbocycles. The van der Waals surface area contributed by atoms with Crippen molar-refractivity contribution in [2.24, 2.45) is 0 Å². The number of methoxy groups -OCH3 is 1. The molecule has 0 unspecified atom stereocenters. The fourth-order valence-electron chi connectivity index (χ4n) is 3.36. The highest BCUT2D eigenvalue weighted by atomic mass is 79.9. The fourth-order valence-corrected chi connectivity index (χ4v) is 4.75. The number of hydrogen-bond acceptors (Lipinski definition) is 6. The number of halogens is 1. The molecule has 0 radical (unpaired) electrons. The van der Waals surface area contributed by atoms with Gasteiger partial charge in [-0.15, -0.1) is 0 Å². The maximum atomic E-state index is 5.53. The van der Waals surface area contributed by atoms with Crippen LogP contribution < -0.4 is 25.7 Å². The van der Waals surface area contributed by atoms with E-state index in [1.54, 1.807) is 18.9 Å². The molecule has 0 saturated carbocycles. The molecule has 1 saturated heterocycles. The topological polar surface area (TPSA) is 50.3 Å². The summed E-state index contributed by atoms with van der Waals surface area (Å²) in [6.45, 7) is 3.90. The van der Waals surface area contributed by atoms with Crippen LogP contribution in [0.5, 0.6) is 5.75 Å². The van der Waals surface area contributed by atoms with Crippen LogP contribution >= 0.6 is 27.7 Å². The molecular weight excluding hydrogens is 424 g/mol. The zero-order valence-electron chi connectivity index (χ0n) is 15.4. The first-order chi connectivity index (χ1) is 13.2. The Morgan fingerprint density at radius 1 is 1.15 bits per heavy atom. The van der Waals surface area contributed by atoms with Gasteiger partial charge in [0.25, 0.3) is 0 Å². The van der Waals surface area contributed by atoms with Crippen molar-refractivity contribution < 1.29 is 4.74 Å². The number of aromatic nitrogens is 2. The number of hydrogen-bond donors (Lipinski definition) is 1. The highest BCUT2D eigenvalue weighted by molar-refractivity contribution is 9.10. The Balaban J connectivity index is 1.68. The second-order valence-corrected chi connectivity index (χ2v) is 8.47. The average molecular weight is 447 g/mol. The quantitative estimate of drug-likeness (QED) is 0.711. The molecule has 2 aliphatic rings. The molecule has 1 aromatic heterocycles. The fraction of sp³-hybridized carbons (Fsp3) is 0.400. The SMILES string of the molecule is COc1ccc(Br)cc1CSc1nc2c(nc1N1CCNCC1)=CCCC=2. The van der Waals surface area contributed by atoms with Gasteiger partial charge < -0.3 is 15.0 Å². The van der Waals surface area contributed by atoms with Gasteiger partial charge in [-0.05, 0) is 31.0 Å². The van der Waals surface area contributed by atoms with E-state index in [2.05, 4.69) is 44.4 Å². The highest BCUT2D eigenvalue weighted by Gasteiger charge is 2.19. The Morgan fingerprint density at radius 2 is 1.89 bits per heavy atom. The second-order valence-electron chi connectivity index (χ2n) is 6.59. The van der Waals surface area contributed by atoms with Crippen molar-refractivity contribution in [3.05, 3.63) is 38.9 Å². The van der Waals surface area contributed by atoms with Crippen LogP contribution in [-0.4, -0.2) is 43.3 Å². The van der Waals surface area contributed by atoms with Crippen LogP contribution in [0.4, 0.5) is 5.82 Å². The molecule has 27 heavy (non-hydrogen) atoms. The lowest BCUT2D eigenvalue weighted by atomic mass is 10.2. The van der Waals surface area contributed by atoms with Crippen LogP contribution in [0.3, 0.4) is 0 Å². The summed E-state index contributed by atoms with van der Waals surface area (Å²) in [5.74, 6) is 2.71. The lowest BCUT2D eigenvalue weighted by Gasteiger charge is -2.29. The van der Waals surface area contributed by atoms with Gasteiger partial charge >= 0.3 is 0 Å². The van der Waals surface area contributed by atoms with Crippen LogP contribution in [-0.2, 0) is 5.75 Å². The molecule has 1 fully saturated rings. The third-order valence-corrected chi connectivity index (χ3v) is 6.26. The smallest absolute Gasteiger partial charge is 0.162 e. The molecule has 142 valence electrons. The first-order valence-corrected chi connectivity index (χ1v) is 11.0. The standard InChI is InChI=1S/C20H23BrN4OS/c1-26-18-7-6-15(21)12-14(18)13-27-20-19(25-10-8-22-9-11-25)23-16-4-2-3-5-17(16)24-20/h4-7,12,22H,2-3,8-11,13H2,1H3. The van der Waals surface area contributed by atoms with Gasteiger partial charge in [-0.3, -0.25) is 0 Å². The van der Waals surface area contributed by atoms with Crippen molar-refractivity contribution in [1.82, 2.24) is 15.3 Å². The number of anilines is 1. The minimum absolute atomic E-state index is 0.791. The lowest BCUT2D eigenvalue weighted by molar-refractivity contribution is 0.411. The zero-order chi connectivity index (χ0) is 18.6. The molecule has 4 rings (SSSR count). The number of benzene rings is 1. The van der Waals surface area contributed by atoms with Gasteiger partial charge in [0.2, 0.25) is 0 Å². The molecule has 0 bridgehead atoms. The third kappa shape index (κ3) is 4.31. The summed E-state index contributed by atoms with van der Waals surface area (Å²) in [7, 11) is 1.72. The largest absolute Gasteiger partial charge is 0.496 e. The van der Waals surface area contributed by atoms with Gasteiger partial charge in [0.1, 0.15) is 10.8 Å². The molecular formula is C20H23BrN4OS. The zero-order valence-corrected chi connectivity index (χ0v) is 17.8. The van der Waals surface area contributed by atoms with E-state index in [0.29, 0.717) is 0 Å². The molecule has 2 aromatic rings. The molecule has 5 nitrogen and oxygen atoms in total. The van der Waals surface area contributed by atoms with Gasteiger partial charge in [-0.25, -0.2) is 9.97 Å². The van der Waals surface area contributed by atoms with Gasteiger partial charge in [0, 0.05) is 42.0 Å². The molecule has 1 aliphatic heterocycles. The van der Waals surface area contributed by atoms with Gasteiger partial charge in [0.05, 0.1) is 17.8 Å². The van der Waals surface area contributed by atoms with Gasteiger partial charge in [-0.1, -0.05) is 39.8 Å². The second kappa shape index (κ2) is 8.63. The van der Waals surface area contributed by atoms with Gasteiger partial charge in [-0.2, -0.15) is 0 Å². The Hall–Kier alpha value is -1.57. The monoisotopic (exact) mass is 446 g/mol. The summed E-state index contributed by atoms with van der Waals surface area (Å²) >= 11 is 5.30. The van der Waals surface area contributed by atoms with E-state index in [0.717, 1.165) is 82.1 Å². The number of rotatable bonds is 5. The summed E-state index contributed by atoms with van der Waals surface area (Å²) in [6.07, 6.45) is 6.50. The van der Waals surface area contributed by atoms with Gasteiger partial charge in [0.15, 0.2) is 5.82 Å². The van der Waals surface area contributed by atoms with Crippen LogP contribution in [0.2, 0.25) is 0 Å².